The minimum Gasteiger partial charge on any atom is -0.506 e. The van der Waals surface area contributed by atoms with Gasteiger partial charge >= 0.3 is 11.6 Å². The molecule has 1 heterocycles. The second-order valence-corrected chi connectivity index (χ2v) is 5.24. The summed E-state index contributed by atoms with van der Waals surface area (Å²) in [6.07, 6.45) is 0. The Hall–Kier alpha value is -3.29. The first-order chi connectivity index (χ1) is 11.2. The minimum atomic E-state index is -1.22. The number of Topliss-reactive ketones (excluding diaryl/α,β-unsaturated/α-hetero) is 1. The zero-order valence-corrected chi connectivity index (χ0v) is 13.3. The molecule has 1 amide bonds. The summed E-state index contributed by atoms with van der Waals surface area (Å²) in [5.41, 5.74) is -1.30. The highest BCUT2D eigenvalue weighted by atomic mass is 16.5. The predicted octanol–water partition coefficient (Wildman–Crippen LogP) is 1.57. The summed E-state index contributed by atoms with van der Waals surface area (Å²) >= 11 is 0. The maximum absolute atomic E-state index is 12.2. The van der Waals surface area contributed by atoms with Gasteiger partial charge in [-0.3, -0.25) is 9.59 Å². The van der Waals surface area contributed by atoms with Crippen molar-refractivity contribution in [2.75, 3.05) is 24.3 Å². The van der Waals surface area contributed by atoms with Gasteiger partial charge in [0, 0.05) is 25.5 Å². The Morgan fingerprint density at radius 2 is 1.67 bits per heavy atom. The largest absolute Gasteiger partial charge is 0.506 e. The number of ketones is 1. The number of hydrogen-bond acceptors (Lipinski definition) is 7. The van der Waals surface area contributed by atoms with Crippen molar-refractivity contribution < 1.29 is 24.2 Å². The van der Waals surface area contributed by atoms with Gasteiger partial charge in [0.1, 0.15) is 5.56 Å². The van der Waals surface area contributed by atoms with Crippen LogP contribution in [0.1, 0.15) is 27.6 Å². The smallest absolute Gasteiger partial charge is 0.353 e. The molecule has 1 aromatic carbocycles. The van der Waals surface area contributed by atoms with Crippen LogP contribution in [0.2, 0.25) is 0 Å². The minimum absolute atomic E-state index is 0.389. The molecule has 0 fully saturated rings. The standard InChI is InChI=1S/C16H16N2O6/c1-8(19)11-13(20)12(16(23)24-15(11)22)14(21)17-9-4-6-10(7-5-9)18(2)3/h4-7,20,23H,1-3H3,(H,17,21). The molecule has 2 aromatic rings. The van der Waals surface area contributed by atoms with E-state index in [1.165, 1.54) is 0 Å². The van der Waals surface area contributed by atoms with Crippen LogP contribution in [-0.2, 0) is 0 Å². The summed E-state index contributed by atoms with van der Waals surface area (Å²) in [6.45, 7) is 1.03. The van der Waals surface area contributed by atoms with E-state index in [4.69, 9.17) is 0 Å². The fraction of sp³-hybridized carbons (Fsp3) is 0.188. The third-order valence-electron chi connectivity index (χ3n) is 3.30. The molecule has 2 rings (SSSR count). The molecular weight excluding hydrogens is 316 g/mol. The molecule has 8 heteroatoms. The van der Waals surface area contributed by atoms with Crippen LogP contribution in [0.4, 0.5) is 11.4 Å². The summed E-state index contributed by atoms with van der Waals surface area (Å²) in [4.78, 5) is 37.0. The quantitative estimate of drug-likeness (QED) is 0.727. The van der Waals surface area contributed by atoms with E-state index in [0.717, 1.165) is 12.6 Å². The van der Waals surface area contributed by atoms with Crippen LogP contribution in [0.5, 0.6) is 11.7 Å². The molecule has 0 radical (unpaired) electrons. The van der Waals surface area contributed by atoms with E-state index in [1.54, 1.807) is 24.3 Å². The van der Waals surface area contributed by atoms with E-state index >= 15 is 0 Å². The highest BCUT2D eigenvalue weighted by molar-refractivity contribution is 6.10. The van der Waals surface area contributed by atoms with E-state index in [1.807, 2.05) is 19.0 Å². The monoisotopic (exact) mass is 332 g/mol. The summed E-state index contributed by atoms with van der Waals surface area (Å²) in [7, 11) is 3.72. The topological polar surface area (TPSA) is 120 Å². The van der Waals surface area contributed by atoms with Crippen LogP contribution in [0, 0.1) is 0 Å². The lowest BCUT2D eigenvalue weighted by molar-refractivity contribution is 0.100. The van der Waals surface area contributed by atoms with Crippen molar-refractivity contribution in [3.63, 3.8) is 0 Å². The molecule has 0 spiro atoms. The molecule has 1 aromatic heterocycles. The zero-order chi connectivity index (χ0) is 18.0. The first-order valence-electron chi connectivity index (χ1n) is 6.91. The number of carbonyl (C=O) groups is 2. The first kappa shape index (κ1) is 17.1. The van der Waals surface area contributed by atoms with E-state index in [2.05, 4.69) is 9.73 Å². The number of nitrogens with zero attached hydrogens (tertiary/aromatic N) is 1. The molecule has 0 aliphatic rings. The maximum atomic E-state index is 12.2. The van der Waals surface area contributed by atoms with E-state index in [-0.39, 0.29) is 0 Å². The van der Waals surface area contributed by atoms with Crippen LogP contribution in [-0.4, -0.2) is 36.0 Å². The zero-order valence-electron chi connectivity index (χ0n) is 13.3. The van der Waals surface area contributed by atoms with Gasteiger partial charge in [-0.2, -0.15) is 0 Å². The third-order valence-corrected chi connectivity index (χ3v) is 3.30. The van der Waals surface area contributed by atoms with E-state index in [9.17, 15) is 24.6 Å². The van der Waals surface area contributed by atoms with E-state index in [0.29, 0.717) is 5.69 Å². The number of carbonyl (C=O) groups excluding carboxylic acids is 2. The predicted molar refractivity (Wildman–Crippen MR) is 87.0 cm³/mol. The first-order valence-corrected chi connectivity index (χ1v) is 6.91. The van der Waals surface area contributed by atoms with Crippen molar-refractivity contribution in [3.8, 4) is 11.7 Å². The van der Waals surface area contributed by atoms with Crippen molar-refractivity contribution in [2.24, 2.45) is 0 Å². The summed E-state index contributed by atoms with van der Waals surface area (Å²) in [5.74, 6) is -3.69. The molecule has 0 atom stereocenters. The highest BCUT2D eigenvalue weighted by Crippen LogP contribution is 2.29. The third kappa shape index (κ3) is 3.22. The summed E-state index contributed by atoms with van der Waals surface area (Å²) < 4.78 is 4.44. The number of nitrogens with one attached hydrogen (secondary N) is 1. The number of aromatic hydroxyl groups is 2. The number of hydrogen-bond donors (Lipinski definition) is 3. The van der Waals surface area contributed by atoms with Gasteiger partial charge in [-0.15, -0.1) is 0 Å². The van der Waals surface area contributed by atoms with E-state index < -0.39 is 40.1 Å². The van der Waals surface area contributed by atoms with Crippen LogP contribution in [0.3, 0.4) is 0 Å². The summed E-state index contributed by atoms with van der Waals surface area (Å²) in [6, 6.07) is 6.74. The second-order valence-electron chi connectivity index (χ2n) is 5.24. The Balaban J connectivity index is 2.38. The summed E-state index contributed by atoms with van der Waals surface area (Å²) in [5, 5.41) is 22.1. The van der Waals surface area contributed by atoms with Gasteiger partial charge in [0.05, 0.1) is 0 Å². The molecule has 0 saturated carbocycles. The van der Waals surface area contributed by atoms with Crippen LogP contribution in [0.15, 0.2) is 33.5 Å². The Morgan fingerprint density at radius 3 is 2.17 bits per heavy atom. The van der Waals surface area contributed by atoms with Gasteiger partial charge in [-0.05, 0) is 31.2 Å². The molecule has 126 valence electrons. The Labute approximate surface area is 137 Å². The van der Waals surface area contributed by atoms with Crippen molar-refractivity contribution in [2.45, 2.75) is 6.92 Å². The highest BCUT2D eigenvalue weighted by Gasteiger charge is 2.27. The lowest BCUT2D eigenvalue weighted by Crippen LogP contribution is -2.18. The van der Waals surface area contributed by atoms with Crippen LogP contribution < -0.4 is 15.8 Å². The van der Waals surface area contributed by atoms with Gasteiger partial charge in [0.25, 0.3) is 5.91 Å². The van der Waals surface area contributed by atoms with Crippen molar-refractivity contribution >= 4 is 23.1 Å². The average molecular weight is 332 g/mol. The second kappa shape index (κ2) is 6.45. The Bertz CT molecular complexity index is 852. The molecular formula is C16H16N2O6. The molecule has 0 saturated heterocycles. The van der Waals surface area contributed by atoms with Crippen molar-refractivity contribution in [1.29, 1.82) is 0 Å². The lowest BCUT2D eigenvalue weighted by atomic mass is 10.1. The van der Waals surface area contributed by atoms with Crippen LogP contribution in [0.25, 0.3) is 0 Å². The van der Waals surface area contributed by atoms with Gasteiger partial charge in [-0.1, -0.05) is 0 Å². The lowest BCUT2D eigenvalue weighted by Gasteiger charge is -2.13. The SMILES string of the molecule is CC(=O)c1c(O)c(C(=O)Nc2ccc(N(C)C)cc2)c(O)oc1=O. The number of amides is 1. The fourth-order valence-electron chi connectivity index (χ4n) is 2.06. The van der Waals surface area contributed by atoms with Crippen LogP contribution >= 0.6 is 0 Å². The Kier molecular flexibility index (Phi) is 4.59. The fourth-order valence-corrected chi connectivity index (χ4v) is 2.06. The van der Waals surface area contributed by atoms with Crippen molar-refractivity contribution in [1.82, 2.24) is 0 Å². The van der Waals surface area contributed by atoms with Crippen molar-refractivity contribution in [3.05, 3.63) is 45.8 Å². The average Bonchev–Trinajstić information content (AvgIpc) is 2.46. The number of anilines is 2. The number of rotatable bonds is 4. The molecule has 8 nitrogen and oxygen atoms in total. The maximum Gasteiger partial charge on any atom is 0.353 e. The van der Waals surface area contributed by atoms with Gasteiger partial charge in [0.2, 0.25) is 0 Å². The molecule has 0 aliphatic carbocycles. The molecule has 0 aliphatic heterocycles. The molecule has 3 N–H and O–H groups in total. The number of benzene rings is 1. The molecule has 24 heavy (non-hydrogen) atoms. The Morgan fingerprint density at radius 1 is 1.08 bits per heavy atom. The van der Waals surface area contributed by atoms with Gasteiger partial charge < -0.3 is 24.8 Å². The normalized spacial score (nSPS) is 10.3. The van der Waals surface area contributed by atoms with Gasteiger partial charge in [-0.25, -0.2) is 4.79 Å². The molecule has 0 unspecified atom stereocenters. The van der Waals surface area contributed by atoms with Gasteiger partial charge in [0.15, 0.2) is 17.1 Å². The molecule has 0 bridgehead atoms.